The van der Waals surface area contributed by atoms with Crippen LogP contribution in [0.3, 0.4) is 0 Å². The second-order valence-electron chi connectivity index (χ2n) is 9.28. The summed E-state index contributed by atoms with van der Waals surface area (Å²) in [6, 6.07) is 1.47. The normalized spacial score (nSPS) is 21.1. The third-order valence-corrected chi connectivity index (χ3v) is 8.13. The van der Waals surface area contributed by atoms with Crippen molar-refractivity contribution >= 4 is 26.7 Å². The van der Waals surface area contributed by atoms with Gasteiger partial charge in [-0.2, -0.15) is 0 Å². The lowest BCUT2D eigenvalue weighted by atomic mass is 9.91. The van der Waals surface area contributed by atoms with E-state index in [4.69, 9.17) is 13.9 Å². The second kappa shape index (κ2) is 8.10. The summed E-state index contributed by atoms with van der Waals surface area (Å²) in [7, 11) is -1.51. The minimum absolute atomic E-state index is 0.0307. The van der Waals surface area contributed by atoms with Gasteiger partial charge >= 0.3 is 5.63 Å². The summed E-state index contributed by atoms with van der Waals surface area (Å²) in [6.45, 7) is 5.87. The topological polar surface area (TPSA) is 112 Å². The van der Waals surface area contributed by atoms with Crippen LogP contribution in [-0.4, -0.2) is 44.6 Å². The molecule has 0 radical (unpaired) electrons. The number of hydrogen-bond acceptors (Lipinski definition) is 7. The maximum Gasteiger partial charge on any atom is 0.339 e. The number of carbonyl (C=O) groups is 1. The SMILES string of the molecule is COc1cc2c(c3oc(=O)c(CCC(=O)N[C@H]4CCS(=O)(=O)C4)c(C)c13)CCC(C)(C)O2. The van der Waals surface area contributed by atoms with E-state index in [9.17, 15) is 18.0 Å². The van der Waals surface area contributed by atoms with Crippen molar-refractivity contribution in [3.63, 3.8) is 0 Å². The van der Waals surface area contributed by atoms with Gasteiger partial charge in [0.15, 0.2) is 9.84 Å². The number of ether oxygens (including phenoxy) is 2. The summed E-state index contributed by atoms with van der Waals surface area (Å²) in [5, 5.41) is 3.47. The highest BCUT2D eigenvalue weighted by molar-refractivity contribution is 7.91. The van der Waals surface area contributed by atoms with Gasteiger partial charge in [-0.15, -0.1) is 0 Å². The highest BCUT2D eigenvalue weighted by Gasteiger charge is 2.31. The Morgan fingerprint density at radius 2 is 2.09 bits per heavy atom. The lowest BCUT2D eigenvalue weighted by Crippen LogP contribution is -2.35. The molecule has 0 saturated carbocycles. The third kappa shape index (κ3) is 4.35. The fraction of sp³-hybridized carbons (Fsp3) is 0.565. The van der Waals surface area contributed by atoms with Crippen LogP contribution in [0.2, 0.25) is 0 Å². The number of carbonyl (C=O) groups excluding carboxylic acids is 1. The standard InChI is InChI=1S/C23H29NO7S/c1-13-15(5-6-19(25)24-14-8-10-32(27,28)12-14)22(26)30-21-16-7-9-23(2,3)31-17(16)11-18(29-4)20(13)21/h11,14H,5-10,12H2,1-4H3,(H,24,25)/t14-/m0/s1. The van der Waals surface area contributed by atoms with Gasteiger partial charge < -0.3 is 19.2 Å². The average molecular weight is 464 g/mol. The van der Waals surface area contributed by atoms with Gasteiger partial charge in [0.05, 0.1) is 24.0 Å². The fourth-order valence-corrected chi connectivity index (χ4v) is 6.25. The average Bonchev–Trinajstić information content (AvgIpc) is 3.04. The molecule has 0 bridgehead atoms. The van der Waals surface area contributed by atoms with Crippen LogP contribution in [0.15, 0.2) is 15.3 Å². The monoisotopic (exact) mass is 463 g/mol. The molecular weight excluding hydrogens is 434 g/mol. The Morgan fingerprint density at radius 3 is 2.75 bits per heavy atom. The molecule has 1 saturated heterocycles. The predicted octanol–water partition coefficient (Wildman–Crippen LogP) is 2.45. The summed E-state index contributed by atoms with van der Waals surface area (Å²) in [4.78, 5) is 25.2. The van der Waals surface area contributed by atoms with E-state index in [0.717, 1.165) is 24.0 Å². The maximum absolute atomic E-state index is 12.8. The number of hydrogen-bond donors (Lipinski definition) is 1. The first-order chi connectivity index (χ1) is 15.0. The molecule has 2 aliphatic heterocycles. The Kier molecular flexibility index (Phi) is 5.73. The molecule has 2 aliphatic rings. The summed E-state index contributed by atoms with van der Waals surface area (Å²) >= 11 is 0. The molecule has 1 aromatic heterocycles. The van der Waals surface area contributed by atoms with Crippen LogP contribution in [0.1, 0.15) is 49.8 Å². The third-order valence-electron chi connectivity index (χ3n) is 6.36. The molecular formula is C23H29NO7S. The van der Waals surface area contributed by atoms with Gasteiger partial charge in [-0.25, -0.2) is 13.2 Å². The van der Waals surface area contributed by atoms with Gasteiger partial charge in [0.1, 0.15) is 22.7 Å². The van der Waals surface area contributed by atoms with Crippen molar-refractivity contribution in [3.05, 3.63) is 33.2 Å². The predicted molar refractivity (Wildman–Crippen MR) is 120 cm³/mol. The van der Waals surface area contributed by atoms with Crippen LogP contribution in [0, 0.1) is 6.92 Å². The number of amides is 1. The van der Waals surface area contributed by atoms with Crippen molar-refractivity contribution in [2.24, 2.45) is 0 Å². The Hall–Kier alpha value is -2.55. The highest BCUT2D eigenvalue weighted by atomic mass is 32.2. The van der Waals surface area contributed by atoms with E-state index in [1.165, 1.54) is 0 Å². The summed E-state index contributed by atoms with van der Waals surface area (Å²) in [6.07, 6.45) is 2.20. The van der Waals surface area contributed by atoms with Gasteiger partial charge in [0.25, 0.3) is 0 Å². The molecule has 0 spiro atoms. The largest absolute Gasteiger partial charge is 0.496 e. The van der Waals surface area contributed by atoms with Crippen LogP contribution in [-0.2, 0) is 27.5 Å². The molecule has 9 heteroatoms. The van der Waals surface area contributed by atoms with Crippen LogP contribution in [0.4, 0.5) is 0 Å². The number of fused-ring (bicyclic) bond motifs is 3. The van der Waals surface area contributed by atoms with Gasteiger partial charge in [-0.3, -0.25) is 4.79 Å². The number of benzene rings is 1. The van der Waals surface area contributed by atoms with E-state index < -0.39 is 15.5 Å². The van der Waals surface area contributed by atoms with E-state index in [-0.39, 0.29) is 41.9 Å². The summed E-state index contributed by atoms with van der Waals surface area (Å²) < 4.78 is 40.6. The van der Waals surface area contributed by atoms with Gasteiger partial charge in [-0.05, 0) is 52.0 Å². The summed E-state index contributed by atoms with van der Waals surface area (Å²) in [5.74, 6) is 0.998. The second-order valence-corrected chi connectivity index (χ2v) is 11.5. The maximum atomic E-state index is 12.8. The summed E-state index contributed by atoms with van der Waals surface area (Å²) in [5.41, 5.74) is 1.67. The molecule has 1 fully saturated rings. The highest BCUT2D eigenvalue weighted by Crippen LogP contribution is 2.43. The molecule has 1 atom stereocenters. The molecule has 0 aliphatic carbocycles. The molecule has 1 N–H and O–H groups in total. The quantitative estimate of drug-likeness (QED) is 0.678. The van der Waals surface area contributed by atoms with E-state index in [1.54, 1.807) is 7.11 Å². The number of nitrogens with one attached hydrogen (secondary N) is 1. The van der Waals surface area contributed by atoms with Crippen LogP contribution in [0.5, 0.6) is 11.5 Å². The van der Waals surface area contributed by atoms with Crippen molar-refractivity contribution in [1.82, 2.24) is 5.32 Å². The van der Waals surface area contributed by atoms with Crippen molar-refractivity contribution in [1.29, 1.82) is 0 Å². The molecule has 1 aromatic carbocycles. The first-order valence-corrected chi connectivity index (χ1v) is 12.7. The zero-order chi connectivity index (χ0) is 23.3. The molecule has 0 unspecified atom stereocenters. The lowest BCUT2D eigenvalue weighted by Gasteiger charge is -2.33. The van der Waals surface area contributed by atoms with E-state index >= 15 is 0 Å². The van der Waals surface area contributed by atoms with Crippen molar-refractivity contribution in [3.8, 4) is 11.5 Å². The minimum atomic E-state index is -3.07. The molecule has 32 heavy (non-hydrogen) atoms. The van der Waals surface area contributed by atoms with Crippen LogP contribution >= 0.6 is 0 Å². The van der Waals surface area contributed by atoms with Crippen LogP contribution in [0.25, 0.3) is 11.0 Å². The van der Waals surface area contributed by atoms with Gasteiger partial charge in [0, 0.05) is 29.7 Å². The Bertz CT molecular complexity index is 1240. The molecule has 3 heterocycles. The Labute approximate surface area is 187 Å². The molecule has 8 nitrogen and oxygen atoms in total. The van der Waals surface area contributed by atoms with Crippen molar-refractivity contribution in [2.45, 2.75) is 64.5 Å². The number of methoxy groups -OCH3 is 1. The molecule has 174 valence electrons. The minimum Gasteiger partial charge on any atom is -0.496 e. The van der Waals surface area contributed by atoms with E-state index in [0.29, 0.717) is 34.5 Å². The molecule has 1 amide bonds. The molecule has 4 rings (SSSR count). The Balaban J connectivity index is 1.62. The molecule has 2 aromatic rings. The van der Waals surface area contributed by atoms with Crippen LogP contribution < -0.4 is 20.4 Å². The van der Waals surface area contributed by atoms with Gasteiger partial charge in [-0.1, -0.05) is 0 Å². The smallest absolute Gasteiger partial charge is 0.339 e. The number of sulfone groups is 1. The Morgan fingerprint density at radius 1 is 1.34 bits per heavy atom. The lowest BCUT2D eigenvalue weighted by molar-refractivity contribution is -0.121. The first kappa shape index (κ1) is 22.6. The van der Waals surface area contributed by atoms with Crippen molar-refractivity contribution < 1.29 is 27.1 Å². The number of rotatable bonds is 5. The number of aryl methyl sites for hydroxylation is 2. The zero-order valence-corrected chi connectivity index (χ0v) is 19.7. The zero-order valence-electron chi connectivity index (χ0n) is 18.9. The first-order valence-electron chi connectivity index (χ1n) is 10.8. The van der Waals surface area contributed by atoms with Gasteiger partial charge in [0.2, 0.25) is 5.91 Å². The van der Waals surface area contributed by atoms with Crippen molar-refractivity contribution in [2.75, 3.05) is 18.6 Å². The van der Waals surface area contributed by atoms with E-state index in [2.05, 4.69) is 5.32 Å². The fourth-order valence-electron chi connectivity index (χ4n) is 4.58. The van der Waals surface area contributed by atoms with E-state index in [1.807, 2.05) is 26.8 Å².